The van der Waals surface area contributed by atoms with Gasteiger partial charge in [0.2, 0.25) is 17.7 Å². The number of carboxylic acid groups (broad SMARTS) is 1. The van der Waals surface area contributed by atoms with Crippen molar-refractivity contribution in [1.82, 2.24) is 16.0 Å². The molecular weight excluding hydrogens is 518 g/mol. The Kier molecular flexibility index (Phi) is 13.0. The average Bonchev–Trinajstić information content (AvgIpc) is 2.92. The molecule has 10 N–H and O–H groups in total. The van der Waals surface area contributed by atoms with Crippen molar-refractivity contribution in [3.63, 3.8) is 0 Å². The summed E-state index contributed by atoms with van der Waals surface area (Å²) in [5.74, 6) is -3.43. The van der Waals surface area contributed by atoms with Gasteiger partial charge in [-0.2, -0.15) is 0 Å². The number of carboxylic acids is 1. The fourth-order valence-corrected chi connectivity index (χ4v) is 3.99. The molecule has 0 aliphatic rings. The van der Waals surface area contributed by atoms with E-state index in [9.17, 15) is 34.5 Å². The van der Waals surface area contributed by atoms with E-state index in [-0.39, 0.29) is 25.0 Å². The SMILES string of the molecule is CC(O)C(NC(=O)C(CCCCN)NC(=O)C(N)Cc1ccc(O)cc1)C(=O)NC(Cc1ccccc1)C(=O)O. The summed E-state index contributed by atoms with van der Waals surface area (Å²) < 4.78 is 0. The number of phenols is 1. The molecule has 0 radical (unpaired) electrons. The molecule has 2 rings (SSSR count). The molecule has 0 aromatic heterocycles. The molecule has 2 aromatic rings. The van der Waals surface area contributed by atoms with Gasteiger partial charge in [0.05, 0.1) is 12.1 Å². The molecule has 0 saturated carbocycles. The van der Waals surface area contributed by atoms with Gasteiger partial charge in [-0.3, -0.25) is 14.4 Å². The maximum Gasteiger partial charge on any atom is 0.326 e. The van der Waals surface area contributed by atoms with Crippen LogP contribution in [0.15, 0.2) is 54.6 Å². The van der Waals surface area contributed by atoms with E-state index in [1.54, 1.807) is 42.5 Å². The van der Waals surface area contributed by atoms with Crippen LogP contribution < -0.4 is 27.4 Å². The molecule has 0 spiro atoms. The molecule has 0 bridgehead atoms. The van der Waals surface area contributed by atoms with Crippen LogP contribution in [0.25, 0.3) is 0 Å². The number of hydrogen-bond acceptors (Lipinski definition) is 8. The molecule has 0 aliphatic carbocycles. The second kappa shape index (κ2) is 16.2. The Bertz CT molecular complexity index is 1110. The molecule has 0 saturated heterocycles. The molecule has 5 atom stereocenters. The molecule has 2 aromatic carbocycles. The average molecular weight is 558 g/mol. The fraction of sp³-hybridized carbons (Fsp3) is 0.429. The van der Waals surface area contributed by atoms with E-state index in [2.05, 4.69) is 16.0 Å². The number of aliphatic carboxylic acids is 1. The molecule has 12 heteroatoms. The van der Waals surface area contributed by atoms with Crippen LogP contribution in [0, 0.1) is 0 Å². The van der Waals surface area contributed by atoms with Crippen molar-refractivity contribution in [2.24, 2.45) is 11.5 Å². The van der Waals surface area contributed by atoms with E-state index in [0.717, 1.165) is 0 Å². The van der Waals surface area contributed by atoms with Crippen molar-refractivity contribution < 1.29 is 34.5 Å². The van der Waals surface area contributed by atoms with E-state index in [0.29, 0.717) is 30.5 Å². The smallest absolute Gasteiger partial charge is 0.326 e. The van der Waals surface area contributed by atoms with Crippen molar-refractivity contribution in [3.05, 3.63) is 65.7 Å². The van der Waals surface area contributed by atoms with E-state index < -0.39 is 54.0 Å². The Morgan fingerprint density at radius 3 is 1.98 bits per heavy atom. The molecule has 12 nitrogen and oxygen atoms in total. The zero-order valence-corrected chi connectivity index (χ0v) is 22.5. The second-order valence-electron chi connectivity index (χ2n) is 9.64. The minimum atomic E-state index is -1.48. The molecular formula is C28H39N5O7. The number of aliphatic hydroxyl groups is 1. The third-order valence-corrected chi connectivity index (χ3v) is 6.27. The number of benzene rings is 2. The summed E-state index contributed by atoms with van der Waals surface area (Å²) in [4.78, 5) is 50.8. The summed E-state index contributed by atoms with van der Waals surface area (Å²) in [6.45, 7) is 1.66. The maximum atomic E-state index is 13.2. The highest BCUT2D eigenvalue weighted by Crippen LogP contribution is 2.12. The van der Waals surface area contributed by atoms with Gasteiger partial charge in [0.25, 0.3) is 0 Å². The van der Waals surface area contributed by atoms with Crippen LogP contribution in [0.4, 0.5) is 0 Å². The number of phenolic OH excluding ortho intramolecular Hbond substituents is 1. The first-order valence-corrected chi connectivity index (χ1v) is 13.1. The summed E-state index contributed by atoms with van der Waals surface area (Å²) in [6, 6.07) is 10.0. The summed E-state index contributed by atoms with van der Waals surface area (Å²) in [7, 11) is 0. The van der Waals surface area contributed by atoms with Crippen molar-refractivity contribution in [3.8, 4) is 5.75 Å². The third-order valence-electron chi connectivity index (χ3n) is 6.27. The molecule has 3 amide bonds. The summed E-state index contributed by atoms with van der Waals surface area (Å²) in [6.07, 6.45) is 0.0531. The van der Waals surface area contributed by atoms with Gasteiger partial charge in [-0.25, -0.2) is 4.79 Å². The van der Waals surface area contributed by atoms with Crippen molar-refractivity contribution in [2.75, 3.05) is 6.54 Å². The highest BCUT2D eigenvalue weighted by molar-refractivity contribution is 5.94. The lowest BCUT2D eigenvalue weighted by atomic mass is 10.0. The van der Waals surface area contributed by atoms with Gasteiger partial charge in [0.15, 0.2) is 0 Å². The molecule has 218 valence electrons. The van der Waals surface area contributed by atoms with E-state index in [1.807, 2.05) is 0 Å². The predicted molar refractivity (Wildman–Crippen MR) is 148 cm³/mol. The van der Waals surface area contributed by atoms with Crippen LogP contribution in [0.2, 0.25) is 0 Å². The molecule has 0 heterocycles. The van der Waals surface area contributed by atoms with Crippen LogP contribution in [0.3, 0.4) is 0 Å². The normalized spacial score (nSPS) is 14.7. The monoisotopic (exact) mass is 557 g/mol. The standard InChI is InChI=1S/C28H39N5O7/c1-17(34)24(27(38)32-23(28(39)40)16-18-7-3-2-4-8-18)33-26(37)22(9-5-6-14-29)31-25(36)21(30)15-19-10-12-20(35)13-11-19/h2-4,7-8,10-13,17,21-24,34-35H,5-6,9,14-16,29-30H2,1H3,(H,31,36)(H,32,38)(H,33,37)(H,39,40). The first kappa shape index (κ1) is 32.2. The predicted octanol–water partition coefficient (Wildman–Crippen LogP) is -0.446. The second-order valence-corrected chi connectivity index (χ2v) is 9.64. The zero-order valence-electron chi connectivity index (χ0n) is 22.5. The number of rotatable bonds is 16. The zero-order chi connectivity index (χ0) is 29.7. The summed E-state index contributed by atoms with van der Waals surface area (Å²) in [5.41, 5.74) is 13.0. The van der Waals surface area contributed by atoms with Gasteiger partial charge in [0.1, 0.15) is 23.9 Å². The van der Waals surface area contributed by atoms with Crippen molar-refractivity contribution in [2.45, 2.75) is 69.3 Å². The van der Waals surface area contributed by atoms with Gasteiger partial charge < -0.3 is 42.7 Å². The minimum Gasteiger partial charge on any atom is -0.508 e. The number of carbonyl (C=O) groups is 4. The third kappa shape index (κ3) is 10.6. The number of unbranched alkanes of at least 4 members (excludes halogenated alkanes) is 1. The van der Waals surface area contributed by atoms with Gasteiger partial charge >= 0.3 is 5.97 Å². The number of amides is 3. The maximum absolute atomic E-state index is 13.2. The first-order chi connectivity index (χ1) is 19.0. The molecule has 0 fully saturated rings. The first-order valence-electron chi connectivity index (χ1n) is 13.1. The van der Waals surface area contributed by atoms with Gasteiger partial charge in [-0.15, -0.1) is 0 Å². The Labute approximate surface area is 233 Å². The Morgan fingerprint density at radius 2 is 1.40 bits per heavy atom. The highest BCUT2D eigenvalue weighted by Gasteiger charge is 2.32. The number of hydrogen-bond donors (Lipinski definition) is 8. The van der Waals surface area contributed by atoms with Crippen LogP contribution >= 0.6 is 0 Å². The molecule has 0 aliphatic heterocycles. The number of aromatic hydroxyl groups is 1. The van der Waals surface area contributed by atoms with Crippen LogP contribution in [-0.2, 0) is 32.0 Å². The fourth-order valence-electron chi connectivity index (χ4n) is 3.99. The summed E-state index contributed by atoms with van der Waals surface area (Å²) >= 11 is 0. The highest BCUT2D eigenvalue weighted by atomic mass is 16.4. The number of carbonyl (C=O) groups excluding carboxylic acids is 3. The van der Waals surface area contributed by atoms with Gasteiger partial charge in [-0.05, 0) is 62.4 Å². The van der Waals surface area contributed by atoms with Crippen LogP contribution in [0.1, 0.15) is 37.3 Å². The lowest BCUT2D eigenvalue weighted by Crippen LogP contribution is -2.60. The van der Waals surface area contributed by atoms with Crippen LogP contribution in [0.5, 0.6) is 5.75 Å². The lowest BCUT2D eigenvalue weighted by molar-refractivity contribution is -0.143. The Morgan fingerprint density at radius 1 is 0.800 bits per heavy atom. The number of nitrogens with one attached hydrogen (secondary N) is 3. The quantitative estimate of drug-likeness (QED) is 0.125. The van der Waals surface area contributed by atoms with Crippen molar-refractivity contribution >= 4 is 23.7 Å². The lowest BCUT2D eigenvalue weighted by Gasteiger charge is -2.26. The minimum absolute atomic E-state index is 0.000913. The molecule has 5 unspecified atom stereocenters. The largest absolute Gasteiger partial charge is 0.508 e. The Balaban J connectivity index is 2.10. The van der Waals surface area contributed by atoms with E-state index in [1.165, 1.54) is 19.1 Å². The van der Waals surface area contributed by atoms with E-state index in [4.69, 9.17) is 11.5 Å². The topological polar surface area (TPSA) is 217 Å². The van der Waals surface area contributed by atoms with Gasteiger partial charge in [0, 0.05) is 6.42 Å². The van der Waals surface area contributed by atoms with E-state index >= 15 is 0 Å². The van der Waals surface area contributed by atoms with Crippen molar-refractivity contribution in [1.29, 1.82) is 0 Å². The Hall–Kier alpha value is -4.00. The number of nitrogens with two attached hydrogens (primary N) is 2. The van der Waals surface area contributed by atoms with Gasteiger partial charge in [-0.1, -0.05) is 42.5 Å². The molecule has 40 heavy (non-hydrogen) atoms. The van der Waals surface area contributed by atoms with Crippen LogP contribution in [-0.4, -0.2) is 75.8 Å². The number of aliphatic hydroxyl groups excluding tert-OH is 1. The summed E-state index contributed by atoms with van der Waals surface area (Å²) in [5, 5.41) is 36.7.